The van der Waals surface area contributed by atoms with E-state index in [2.05, 4.69) is 5.73 Å². The van der Waals surface area contributed by atoms with Crippen LogP contribution in [0.25, 0.3) is 0 Å². The molecule has 27 heavy (non-hydrogen) atoms. The fraction of sp³-hybridized carbons (Fsp3) is 1.00. The largest absolute Gasteiger partial charge is 0.385 e. The van der Waals surface area contributed by atoms with E-state index in [1.54, 1.807) is 0 Å². The van der Waals surface area contributed by atoms with Crippen LogP contribution in [0.1, 0.15) is 0 Å². The summed E-state index contributed by atoms with van der Waals surface area (Å²) in [6, 6.07) is 0. The van der Waals surface area contributed by atoms with E-state index >= 15 is 0 Å². The van der Waals surface area contributed by atoms with Crippen molar-refractivity contribution in [3.63, 3.8) is 0 Å². The molecule has 0 radical (unpaired) electrons. The summed E-state index contributed by atoms with van der Waals surface area (Å²) in [6.07, 6.45) is -10.9. The molecule has 0 aliphatic rings. The Morgan fingerprint density at radius 2 is 0.630 bits per heavy atom. The molecule has 0 aromatic carbocycles. The molecule has 0 heterocycles. The number of nitrogens with two attached hydrogens (primary N) is 1. The number of rotatable bonds is 8. The second-order valence-corrected chi connectivity index (χ2v) is 4.82. The topological polar surface area (TPSA) is 26.0 Å². The third-order valence-corrected chi connectivity index (χ3v) is 3.04. The van der Waals surface area contributed by atoms with Gasteiger partial charge < -0.3 is 0 Å². The maximum atomic E-state index is 13.0. The molecule has 0 fully saturated rings. The maximum absolute atomic E-state index is 13.0. The van der Waals surface area contributed by atoms with Gasteiger partial charge in [-0.3, -0.25) is 5.73 Å². The van der Waals surface area contributed by atoms with Crippen LogP contribution in [0.2, 0.25) is 0 Å². The van der Waals surface area contributed by atoms with Crippen molar-refractivity contribution in [1.82, 2.24) is 0 Å². The van der Waals surface area contributed by atoms with Gasteiger partial charge in [-0.05, 0) is 0 Å². The molecule has 0 saturated carbocycles. The van der Waals surface area contributed by atoms with Gasteiger partial charge in [0.2, 0.25) is 6.30 Å². The van der Waals surface area contributed by atoms with Gasteiger partial charge in [0.15, 0.2) is 0 Å². The summed E-state index contributed by atoms with van der Waals surface area (Å²) in [6.45, 7) is 0. The van der Waals surface area contributed by atoms with E-state index in [1.807, 2.05) is 0 Å². The van der Waals surface area contributed by atoms with Gasteiger partial charge in [0, 0.05) is 0 Å². The van der Waals surface area contributed by atoms with Crippen molar-refractivity contribution in [3.8, 4) is 0 Å². The summed E-state index contributed by atoms with van der Waals surface area (Å²) in [5.41, 5.74) is 3.47. The molecule has 0 aromatic rings. The first-order chi connectivity index (χ1) is 11.4. The van der Waals surface area contributed by atoms with Gasteiger partial charge in [0.05, 0.1) is 0 Å². The van der Waals surface area contributed by atoms with Crippen molar-refractivity contribution in [2.75, 3.05) is 0 Å². The monoisotopic (exact) mass is 449 g/mol. The molecule has 1 unspecified atom stereocenters. The predicted octanol–water partition coefficient (Wildman–Crippen LogP) is 4.95. The minimum atomic E-state index is -8.54. The molecule has 2 N–H and O–H groups in total. The summed E-state index contributed by atoms with van der Waals surface area (Å²) in [4.78, 5) is 0. The van der Waals surface area contributed by atoms with E-state index in [0.717, 1.165) is 0 Å². The molecule has 0 rings (SSSR count). The molecule has 0 aromatic heterocycles. The van der Waals surface area contributed by atoms with Crippen molar-refractivity contribution in [1.29, 1.82) is 0 Å². The van der Waals surface area contributed by atoms with Crippen molar-refractivity contribution in [2.45, 2.75) is 54.2 Å². The molecular weight excluding hydrogens is 445 g/mol. The standard InChI is InChI=1S/C9H4F17N/c10-1(11)3(13,14)5(17,18)7(21,22)9(25,26)8(23,24)6(19,20)4(15,16)2(12)27/h1-2H,27H2. The van der Waals surface area contributed by atoms with Crippen LogP contribution < -0.4 is 5.73 Å². The Hall–Kier alpha value is -1.23. The SMILES string of the molecule is NC(F)C(F)(F)C(F)(F)C(F)(F)C(F)(F)C(F)(F)C(F)(F)C(F)(F)C(F)F. The van der Waals surface area contributed by atoms with Gasteiger partial charge in [-0.15, -0.1) is 0 Å². The molecule has 1 nitrogen and oxygen atoms in total. The lowest BCUT2D eigenvalue weighted by Gasteiger charge is -2.42. The minimum Gasteiger partial charge on any atom is -0.296 e. The fourth-order valence-corrected chi connectivity index (χ4v) is 1.32. The fourth-order valence-electron chi connectivity index (χ4n) is 1.32. The zero-order valence-electron chi connectivity index (χ0n) is 11.7. The van der Waals surface area contributed by atoms with E-state index in [4.69, 9.17) is 0 Å². The van der Waals surface area contributed by atoms with Crippen LogP contribution in [0, 0.1) is 0 Å². The Balaban J connectivity index is 6.62. The van der Waals surface area contributed by atoms with Gasteiger partial charge in [0.1, 0.15) is 0 Å². The summed E-state index contributed by atoms with van der Waals surface area (Å²) < 4.78 is 215. The number of hydrogen-bond donors (Lipinski definition) is 1. The average molecular weight is 449 g/mol. The van der Waals surface area contributed by atoms with Crippen LogP contribution in [-0.2, 0) is 0 Å². The summed E-state index contributed by atoms with van der Waals surface area (Å²) in [5.74, 6) is -56.2. The third kappa shape index (κ3) is 3.06. The molecule has 0 amide bonds. The van der Waals surface area contributed by atoms with Crippen LogP contribution in [0.3, 0.4) is 0 Å². The van der Waals surface area contributed by atoms with Crippen LogP contribution in [0.5, 0.6) is 0 Å². The Labute approximate surface area is 136 Å². The van der Waals surface area contributed by atoms with E-state index in [-0.39, 0.29) is 0 Å². The normalized spacial score (nSPS) is 17.4. The Morgan fingerprint density at radius 3 is 0.852 bits per heavy atom. The molecule has 0 aliphatic heterocycles. The highest BCUT2D eigenvalue weighted by molar-refractivity contribution is 5.14. The van der Waals surface area contributed by atoms with E-state index in [1.165, 1.54) is 0 Å². The lowest BCUT2D eigenvalue weighted by atomic mass is 9.89. The van der Waals surface area contributed by atoms with Crippen molar-refractivity contribution < 1.29 is 74.6 Å². The molecule has 0 spiro atoms. The summed E-state index contributed by atoms with van der Waals surface area (Å²) >= 11 is 0. The maximum Gasteiger partial charge on any atom is 0.385 e. The van der Waals surface area contributed by atoms with E-state index in [9.17, 15) is 74.6 Å². The van der Waals surface area contributed by atoms with Crippen molar-refractivity contribution in [3.05, 3.63) is 0 Å². The predicted molar refractivity (Wildman–Crippen MR) is 49.7 cm³/mol. The highest BCUT2D eigenvalue weighted by atomic mass is 19.4. The second kappa shape index (κ2) is 6.40. The summed E-state index contributed by atoms with van der Waals surface area (Å²) in [7, 11) is 0. The molecule has 164 valence electrons. The first-order valence-electron chi connectivity index (χ1n) is 5.71. The first-order valence-corrected chi connectivity index (χ1v) is 5.71. The average Bonchev–Trinajstić information content (AvgIpc) is 2.45. The van der Waals surface area contributed by atoms with Crippen molar-refractivity contribution >= 4 is 0 Å². The van der Waals surface area contributed by atoms with Gasteiger partial charge in [-0.1, -0.05) is 0 Å². The lowest BCUT2D eigenvalue weighted by molar-refractivity contribution is -0.449. The van der Waals surface area contributed by atoms with Crippen LogP contribution >= 0.6 is 0 Å². The van der Waals surface area contributed by atoms with Crippen LogP contribution in [0.15, 0.2) is 0 Å². The zero-order valence-corrected chi connectivity index (χ0v) is 11.7. The van der Waals surface area contributed by atoms with Crippen molar-refractivity contribution in [2.24, 2.45) is 5.73 Å². The third-order valence-electron chi connectivity index (χ3n) is 3.04. The first kappa shape index (κ1) is 25.8. The molecule has 0 aliphatic carbocycles. The molecule has 0 saturated heterocycles. The lowest BCUT2D eigenvalue weighted by Crippen LogP contribution is -2.74. The van der Waals surface area contributed by atoms with Gasteiger partial charge >= 0.3 is 47.9 Å². The minimum absolute atomic E-state index is 3.47. The zero-order chi connectivity index (χ0) is 22.7. The van der Waals surface area contributed by atoms with Gasteiger partial charge in [-0.2, -0.15) is 61.5 Å². The number of alkyl halides is 17. The quantitative estimate of drug-likeness (QED) is 0.412. The van der Waals surface area contributed by atoms with E-state index in [0.29, 0.717) is 0 Å². The Bertz CT molecular complexity index is 489. The smallest absolute Gasteiger partial charge is 0.296 e. The number of halogens is 17. The molecule has 1 atom stereocenters. The van der Waals surface area contributed by atoms with Crippen LogP contribution in [-0.4, -0.2) is 54.2 Å². The number of hydrogen-bond acceptors (Lipinski definition) is 1. The summed E-state index contributed by atoms with van der Waals surface area (Å²) in [5, 5.41) is 0. The molecular formula is C9H4F17N. The Kier molecular flexibility index (Phi) is 6.11. The van der Waals surface area contributed by atoms with Gasteiger partial charge in [0.25, 0.3) is 0 Å². The second-order valence-electron chi connectivity index (χ2n) is 4.82. The highest BCUT2D eigenvalue weighted by Crippen LogP contribution is 2.62. The van der Waals surface area contributed by atoms with E-state index < -0.39 is 54.2 Å². The van der Waals surface area contributed by atoms with Crippen LogP contribution in [0.4, 0.5) is 74.6 Å². The molecule has 18 heteroatoms. The molecule has 0 bridgehead atoms. The Morgan fingerprint density at radius 1 is 0.407 bits per heavy atom. The van der Waals surface area contributed by atoms with Gasteiger partial charge in [-0.25, -0.2) is 13.2 Å². The highest BCUT2D eigenvalue weighted by Gasteiger charge is 2.94.